The largest absolute Gasteiger partial charge is 0.330 e. The highest BCUT2D eigenvalue weighted by molar-refractivity contribution is 9.10. The maximum absolute atomic E-state index is 11.1. The van der Waals surface area contributed by atoms with Crippen LogP contribution in [0.25, 0.3) is 0 Å². The molecule has 0 bridgehead atoms. The lowest BCUT2D eigenvalue weighted by atomic mass is 9.93. The topological polar surface area (TPSA) is 72.4 Å². The molecule has 0 aliphatic carbocycles. The van der Waals surface area contributed by atoms with Crippen molar-refractivity contribution < 1.29 is 4.92 Å². The van der Waals surface area contributed by atoms with Crippen LogP contribution in [0.3, 0.4) is 0 Å². The molecule has 0 saturated carbocycles. The number of hydrogen-bond donors (Lipinski definition) is 1. The highest BCUT2D eigenvalue weighted by Crippen LogP contribution is 2.26. The van der Waals surface area contributed by atoms with Crippen molar-refractivity contribution in [1.29, 1.82) is 0 Å². The van der Waals surface area contributed by atoms with E-state index in [4.69, 9.17) is 5.73 Å². The van der Waals surface area contributed by atoms with Gasteiger partial charge >= 0.3 is 0 Å². The molecule has 0 aliphatic rings. The van der Waals surface area contributed by atoms with Gasteiger partial charge in [-0.05, 0) is 30.6 Å². The minimum atomic E-state index is -0.331. The average molecular weight is 344 g/mol. The molecule has 1 aromatic carbocycles. The minimum absolute atomic E-state index is 0.000152. The molecule has 1 aromatic rings. The number of hydrogen-bond acceptors (Lipinski definition) is 4. The summed E-state index contributed by atoms with van der Waals surface area (Å²) in [7, 11) is 0. The van der Waals surface area contributed by atoms with Gasteiger partial charge in [0.15, 0.2) is 0 Å². The molecule has 20 heavy (non-hydrogen) atoms. The van der Waals surface area contributed by atoms with Gasteiger partial charge in [0.05, 0.1) is 4.92 Å². The van der Waals surface area contributed by atoms with E-state index in [2.05, 4.69) is 41.6 Å². The number of nitrogens with two attached hydrogens (primary N) is 1. The van der Waals surface area contributed by atoms with Crippen LogP contribution >= 0.6 is 15.9 Å². The van der Waals surface area contributed by atoms with Crippen LogP contribution in [0.1, 0.15) is 26.3 Å². The average Bonchev–Trinajstić information content (AvgIpc) is 2.39. The Balaban J connectivity index is 2.93. The van der Waals surface area contributed by atoms with Gasteiger partial charge in [0.1, 0.15) is 0 Å². The first-order valence-corrected chi connectivity index (χ1v) is 7.43. The minimum Gasteiger partial charge on any atom is -0.330 e. The predicted octanol–water partition coefficient (Wildman–Crippen LogP) is 3.16. The first-order valence-electron chi connectivity index (χ1n) is 6.64. The number of nitro benzene ring substituents is 1. The summed E-state index contributed by atoms with van der Waals surface area (Å²) in [4.78, 5) is 13.0. The Bertz CT molecular complexity index is 477. The van der Waals surface area contributed by atoms with Crippen LogP contribution in [-0.4, -0.2) is 29.5 Å². The van der Waals surface area contributed by atoms with Gasteiger partial charge in [-0.15, -0.1) is 0 Å². The molecule has 0 radical (unpaired) electrons. The molecule has 0 unspecified atom stereocenters. The third kappa shape index (κ3) is 4.85. The van der Waals surface area contributed by atoms with Crippen LogP contribution in [0.15, 0.2) is 22.7 Å². The van der Waals surface area contributed by atoms with Crippen molar-refractivity contribution in [3.05, 3.63) is 38.3 Å². The Morgan fingerprint density at radius 1 is 1.45 bits per heavy atom. The second kappa shape index (κ2) is 7.15. The molecule has 5 nitrogen and oxygen atoms in total. The van der Waals surface area contributed by atoms with Gasteiger partial charge in [-0.3, -0.25) is 15.0 Å². The van der Waals surface area contributed by atoms with E-state index in [1.807, 2.05) is 6.07 Å². The summed E-state index contributed by atoms with van der Waals surface area (Å²) in [5.41, 5.74) is 6.65. The van der Waals surface area contributed by atoms with Gasteiger partial charge < -0.3 is 5.73 Å². The molecule has 0 heterocycles. The first kappa shape index (κ1) is 17.1. The molecule has 0 aromatic heterocycles. The standard InChI is InChI=1S/C14H22BrN3O2/c1-4-17(10-14(2,3)9-16)8-11-5-6-12(15)7-13(11)18(19)20/h5-7H,4,8-10,16H2,1-3H3. The Hall–Kier alpha value is -0.980. The van der Waals surface area contributed by atoms with Crippen molar-refractivity contribution in [2.24, 2.45) is 11.1 Å². The van der Waals surface area contributed by atoms with Crippen molar-refractivity contribution in [2.75, 3.05) is 19.6 Å². The SMILES string of the molecule is CCN(Cc1ccc(Br)cc1[N+](=O)[O-])CC(C)(C)CN. The zero-order valence-corrected chi connectivity index (χ0v) is 13.8. The Morgan fingerprint density at radius 3 is 2.60 bits per heavy atom. The van der Waals surface area contributed by atoms with E-state index in [1.165, 1.54) is 0 Å². The molecule has 112 valence electrons. The van der Waals surface area contributed by atoms with Gasteiger partial charge in [0, 0.05) is 29.2 Å². The van der Waals surface area contributed by atoms with Crippen molar-refractivity contribution in [2.45, 2.75) is 27.3 Å². The molecule has 0 atom stereocenters. The molecule has 0 amide bonds. The van der Waals surface area contributed by atoms with Crippen LogP contribution < -0.4 is 5.73 Å². The summed E-state index contributed by atoms with van der Waals surface area (Å²) in [6.07, 6.45) is 0. The number of nitro groups is 1. The van der Waals surface area contributed by atoms with Gasteiger partial charge in [-0.25, -0.2) is 0 Å². The second-order valence-corrected chi connectivity index (χ2v) is 6.62. The highest BCUT2D eigenvalue weighted by Gasteiger charge is 2.22. The van der Waals surface area contributed by atoms with Gasteiger partial charge in [-0.2, -0.15) is 0 Å². The van der Waals surface area contributed by atoms with Crippen LogP contribution in [0, 0.1) is 15.5 Å². The van der Waals surface area contributed by atoms with E-state index in [-0.39, 0.29) is 16.0 Å². The Labute approximate surface area is 128 Å². The lowest BCUT2D eigenvalue weighted by molar-refractivity contribution is -0.385. The molecule has 0 spiro atoms. The van der Waals surface area contributed by atoms with Crippen molar-refractivity contribution in [3.8, 4) is 0 Å². The lowest BCUT2D eigenvalue weighted by Crippen LogP contribution is -2.38. The smallest absolute Gasteiger partial charge is 0.275 e. The summed E-state index contributed by atoms with van der Waals surface area (Å²) >= 11 is 3.27. The van der Waals surface area contributed by atoms with Gasteiger partial charge in [-0.1, -0.05) is 36.7 Å². The maximum atomic E-state index is 11.1. The van der Waals surface area contributed by atoms with Gasteiger partial charge in [0.2, 0.25) is 0 Å². The quantitative estimate of drug-likeness (QED) is 0.609. The highest BCUT2D eigenvalue weighted by atomic mass is 79.9. The number of halogens is 1. The maximum Gasteiger partial charge on any atom is 0.275 e. The molecular weight excluding hydrogens is 322 g/mol. The Kier molecular flexibility index (Phi) is 6.10. The van der Waals surface area contributed by atoms with Crippen LogP contribution in [0.2, 0.25) is 0 Å². The predicted molar refractivity (Wildman–Crippen MR) is 84.6 cm³/mol. The number of rotatable bonds is 7. The lowest BCUT2D eigenvalue weighted by Gasteiger charge is -2.31. The third-order valence-electron chi connectivity index (χ3n) is 3.29. The summed E-state index contributed by atoms with van der Waals surface area (Å²) in [6, 6.07) is 5.20. The molecule has 6 heteroatoms. The second-order valence-electron chi connectivity index (χ2n) is 5.70. The molecule has 0 fully saturated rings. The molecule has 0 aliphatic heterocycles. The summed E-state index contributed by atoms with van der Waals surface area (Å²) < 4.78 is 0.721. The molecule has 0 saturated heterocycles. The van der Waals surface area contributed by atoms with E-state index >= 15 is 0 Å². The fourth-order valence-electron chi connectivity index (χ4n) is 2.03. The zero-order chi connectivity index (χ0) is 15.3. The zero-order valence-electron chi connectivity index (χ0n) is 12.2. The summed E-state index contributed by atoms with van der Waals surface area (Å²) in [5, 5.41) is 11.1. The number of benzene rings is 1. The fraction of sp³-hybridized carbons (Fsp3) is 0.571. The van der Waals surface area contributed by atoms with Gasteiger partial charge in [0.25, 0.3) is 5.69 Å². The molecule has 1 rings (SSSR count). The normalized spacial score (nSPS) is 11.9. The van der Waals surface area contributed by atoms with E-state index in [0.717, 1.165) is 23.1 Å². The van der Waals surface area contributed by atoms with E-state index < -0.39 is 0 Å². The van der Waals surface area contributed by atoms with Crippen LogP contribution in [-0.2, 0) is 6.54 Å². The van der Waals surface area contributed by atoms with Crippen LogP contribution in [0.5, 0.6) is 0 Å². The van der Waals surface area contributed by atoms with Crippen molar-refractivity contribution >= 4 is 21.6 Å². The third-order valence-corrected chi connectivity index (χ3v) is 3.78. The number of nitrogens with zero attached hydrogens (tertiary/aromatic N) is 2. The van der Waals surface area contributed by atoms with E-state index in [9.17, 15) is 10.1 Å². The fourth-order valence-corrected chi connectivity index (χ4v) is 2.38. The van der Waals surface area contributed by atoms with Crippen molar-refractivity contribution in [3.63, 3.8) is 0 Å². The molecule has 2 N–H and O–H groups in total. The Morgan fingerprint density at radius 2 is 2.10 bits per heavy atom. The van der Waals surface area contributed by atoms with E-state index in [1.54, 1.807) is 12.1 Å². The van der Waals surface area contributed by atoms with E-state index in [0.29, 0.717) is 13.1 Å². The summed E-state index contributed by atoms with van der Waals surface area (Å²) in [5.74, 6) is 0. The van der Waals surface area contributed by atoms with Crippen LogP contribution in [0.4, 0.5) is 5.69 Å². The molecular formula is C14H22BrN3O2. The first-order chi connectivity index (χ1) is 9.29. The monoisotopic (exact) mass is 343 g/mol. The summed E-state index contributed by atoms with van der Waals surface area (Å²) in [6.45, 7) is 9.05. The van der Waals surface area contributed by atoms with Crippen molar-refractivity contribution in [1.82, 2.24) is 4.90 Å².